The van der Waals surface area contributed by atoms with Gasteiger partial charge in [0, 0.05) is 18.3 Å². The van der Waals surface area contributed by atoms with Gasteiger partial charge in [-0.15, -0.1) is 0 Å². The highest BCUT2D eigenvalue weighted by molar-refractivity contribution is 5.92. The molecule has 1 aromatic carbocycles. The van der Waals surface area contributed by atoms with Gasteiger partial charge >= 0.3 is 12.1 Å². The van der Waals surface area contributed by atoms with Gasteiger partial charge in [-0.25, -0.2) is 9.48 Å². The number of nitro benzene ring substituents is 1. The molecule has 2 aromatic rings. The summed E-state index contributed by atoms with van der Waals surface area (Å²) in [5.74, 6) is -1.44. The molecule has 0 saturated carbocycles. The molecule has 2 rings (SSSR count). The number of nitrogens with zero attached hydrogens (tertiary/aromatic N) is 3. The first-order valence-electron chi connectivity index (χ1n) is 5.34. The van der Waals surface area contributed by atoms with Gasteiger partial charge in [-0.3, -0.25) is 10.1 Å². The fourth-order valence-electron chi connectivity index (χ4n) is 1.60. The molecular formula is C11H6F3N3O4. The molecule has 0 unspecified atom stereocenters. The van der Waals surface area contributed by atoms with Crippen molar-refractivity contribution in [3.63, 3.8) is 0 Å². The van der Waals surface area contributed by atoms with E-state index in [9.17, 15) is 28.1 Å². The van der Waals surface area contributed by atoms with Gasteiger partial charge in [0.1, 0.15) is 0 Å². The molecule has 1 N–H and O–H groups in total. The van der Waals surface area contributed by atoms with E-state index in [4.69, 9.17) is 5.11 Å². The van der Waals surface area contributed by atoms with Crippen LogP contribution in [0.4, 0.5) is 18.9 Å². The van der Waals surface area contributed by atoms with Crippen molar-refractivity contribution < 1.29 is 28.0 Å². The zero-order valence-corrected chi connectivity index (χ0v) is 10.0. The summed E-state index contributed by atoms with van der Waals surface area (Å²) >= 11 is 0. The largest absolute Gasteiger partial charge is 0.478 e. The van der Waals surface area contributed by atoms with E-state index in [-0.39, 0.29) is 5.69 Å². The Balaban J connectivity index is 2.60. The molecule has 0 bridgehead atoms. The number of benzene rings is 1. The van der Waals surface area contributed by atoms with Crippen molar-refractivity contribution in [1.29, 1.82) is 0 Å². The summed E-state index contributed by atoms with van der Waals surface area (Å²) in [5.41, 5.74) is -2.28. The molecule has 0 radical (unpaired) electrons. The Morgan fingerprint density at radius 1 is 1.38 bits per heavy atom. The van der Waals surface area contributed by atoms with E-state index in [1.165, 1.54) is 0 Å². The predicted molar refractivity (Wildman–Crippen MR) is 62.2 cm³/mol. The Morgan fingerprint density at radius 3 is 2.52 bits per heavy atom. The van der Waals surface area contributed by atoms with Crippen molar-refractivity contribution in [2.75, 3.05) is 0 Å². The first kappa shape index (κ1) is 14.5. The number of alkyl halides is 3. The number of carboxylic acids is 1. The number of hydrogen-bond donors (Lipinski definition) is 1. The van der Waals surface area contributed by atoms with Crippen LogP contribution in [0.2, 0.25) is 0 Å². The average Bonchev–Trinajstić information content (AvgIpc) is 2.87. The minimum atomic E-state index is -4.65. The second-order valence-electron chi connectivity index (χ2n) is 3.94. The van der Waals surface area contributed by atoms with Crippen molar-refractivity contribution in [1.82, 2.24) is 9.78 Å². The molecule has 0 aliphatic rings. The van der Waals surface area contributed by atoms with Gasteiger partial charge in [0.05, 0.1) is 27.9 Å². The zero-order chi connectivity index (χ0) is 15.8. The maximum Gasteiger partial charge on any atom is 0.419 e. The molecule has 1 aromatic heterocycles. The van der Waals surface area contributed by atoms with E-state index in [0.29, 0.717) is 17.1 Å². The third-order valence-corrected chi connectivity index (χ3v) is 2.58. The van der Waals surface area contributed by atoms with Crippen molar-refractivity contribution in [3.05, 3.63) is 51.8 Å². The fraction of sp³-hybridized carbons (Fsp3) is 0.0909. The highest BCUT2D eigenvalue weighted by Crippen LogP contribution is 2.30. The Labute approximate surface area is 114 Å². The molecule has 21 heavy (non-hydrogen) atoms. The van der Waals surface area contributed by atoms with Gasteiger partial charge in [0.2, 0.25) is 0 Å². The number of aromatic nitrogens is 2. The van der Waals surface area contributed by atoms with E-state index in [1.54, 1.807) is 0 Å². The summed E-state index contributed by atoms with van der Waals surface area (Å²) in [6, 6.07) is 2.72. The number of carboxylic acid groups (broad SMARTS) is 1. The van der Waals surface area contributed by atoms with E-state index in [0.717, 1.165) is 18.2 Å². The molecule has 0 atom stereocenters. The fourth-order valence-corrected chi connectivity index (χ4v) is 1.60. The monoisotopic (exact) mass is 301 g/mol. The van der Waals surface area contributed by atoms with Crippen LogP contribution in [0.15, 0.2) is 30.6 Å². The molecule has 0 amide bonds. The van der Waals surface area contributed by atoms with E-state index >= 15 is 0 Å². The molecule has 1 heterocycles. The Bertz CT molecular complexity index is 724. The summed E-state index contributed by atoms with van der Waals surface area (Å²) in [6.45, 7) is 0. The Morgan fingerprint density at radius 2 is 2.05 bits per heavy atom. The summed E-state index contributed by atoms with van der Waals surface area (Å²) < 4.78 is 38.2. The SMILES string of the molecule is O=C(O)c1ccc([N+](=O)[O-])cc1-n1cc(C(F)(F)F)cn1. The Hall–Kier alpha value is -2.91. The van der Waals surface area contributed by atoms with Crippen LogP contribution in [0.25, 0.3) is 5.69 Å². The predicted octanol–water partition coefficient (Wildman–Crippen LogP) is 2.50. The van der Waals surface area contributed by atoms with Gasteiger partial charge in [0.15, 0.2) is 0 Å². The quantitative estimate of drug-likeness (QED) is 0.693. The summed E-state index contributed by atoms with van der Waals surface area (Å²) in [6.07, 6.45) is -3.59. The summed E-state index contributed by atoms with van der Waals surface area (Å²) in [5, 5.41) is 23.1. The van der Waals surface area contributed by atoms with Crippen molar-refractivity contribution in [2.24, 2.45) is 0 Å². The van der Waals surface area contributed by atoms with Gasteiger partial charge in [-0.2, -0.15) is 18.3 Å². The molecule has 7 nitrogen and oxygen atoms in total. The third kappa shape index (κ3) is 2.83. The molecule has 0 saturated heterocycles. The van der Waals surface area contributed by atoms with Crippen LogP contribution in [-0.4, -0.2) is 25.8 Å². The van der Waals surface area contributed by atoms with Gasteiger partial charge in [0.25, 0.3) is 5.69 Å². The average molecular weight is 301 g/mol. The lowest BCUT2D eigenvalue weighted by Gasteiger charge is -2.06. The van der Waals surface area contributed by atoms with Crippen molar-refractivity contribution in [2.45, 2.75) is 6.18 Å². The van der Waals surface area contributed by atoms with Crippen LogP contribution < -0.4 is 0 Å². The van der Waals surface area contributed by atoms with Gasteiger partial charge in [-0.05, 0) is 6.07 Å². The number of non-ortho nitro benzene ring substituents is 1. The van der Waals surface area contributed by atoms with Crippen LogP contribution in [0.3, 0.4) is 0 Å². The highest BCUT2D eigenvalue weighted by Gasteiger charge is 2.32. The summed E-state index contributed by atoms with van der Waals surface area (Å²) in [7, 11) is 0. The number of rotatable bonds is 3. The second kappa shape index (κ2) is 4.89. The molecule has 0 aliphatic carbocycles. The number of aromatic carboxylic acids is 1. The molecule has 0 fully saturated rings. The lowest BCUT2D eigenvalue weighted by Crippen LogP contribution is -2.07. The first-order chi connectivity index (χ1) is 9.70. The lowest BCUT2D eigenvalue weighted by molar-refractivity contribution is -0.384. The van der Waals surface area contributed by atoms with Crippen molar-refractivity contribution >= 4 is 11.7 Å². The smallest absolute Gasteiger partial charge is 0.419 e. The van der Waals surface area contributed by atoms with Crippen LogP contribution in [0.1, 0.15) is 15.9 Å². The zero-order valence-electron chi connectivity index (χ0n) is 10.0. The molecule has 110 valence electrons. The topological polar surface area (TPSA) is 98.3 Å². The normalized spacial score (nSPS) is 11.4. The van der Waals surface area contributed by atoms with E-state index < -0.39 is 33.9 Å². The maximum atomic E-state index is 12.5. The maximum absolute atomic E-state index is 12.5. The highest BCUT2D eigenvalue weighted by atomic mass is 19.4. The lowest BCUT2D eigenvalue weighted by atomic mass is 10.1. The minimum Gasteiger partial charge on any atom is -0.478 e. The van der Waals surface area contributed by atoms with Crippen LogP contribution in [0.5, 0.6) is 0 Å². The molecule has 0 spiro atoms. The number of hydrogen-bond acceptors (Lipinski definition) is 4. The second-order valence-corrected chi connectivity index (χ2v) is 3.94. The number of halogens is 3. The third-order valence-electron chi connectivity index (χ3n) is 2.58. The van der Waals surface area contributed by atoms with Crippen LogP contribution in [0, 0.1) is 10.1 Å². The van der Waals surface area contributed by atoms with Crippen molar-refractivity contribution in [3.8, 4) is 5.69 Å². The summed E-state index contributed by atoms with van der Waals surface area (Å²) in [4.78, 5) is 20.9. The standard InChI is InChI=1S/C11H6F3N3O4/c12-11(13,14)6-4-15-16(5-6)9-3-7(17(20)21)1-2-8(9)10(18)19/h1-5H,(H,18,19). The van der Waals surface area contributed by atoms with E-state index in [2.05, 4.69) is 5.10 Å². The molecular weight excluding hydrogens is 295 g/mol. The Kier molecular flexibility index (Phi) is 3.37. The minimum absolute atomic E-state index is 0.327. The van der Waals surface area contributed by atoms with Crippen LogP contribution in [-0.2, 0) is 6.18 Å². The van der Waals surface area contributed by atoms with E-state index in [1.807, 2.05) is 0 Å². The molecule has 0 aliphatic heterocycles. The first-order valence-corrected chi connectivity index (χ1v) is 5.34. The number of carbonyl (C=O) groups is 1. The van der Waals surface area contributed by atoms with Gasteiger partial charge < -0.3 is 5.11 Å². The number of nitro groups is 1. The van der Waals surface area contributed by atoms with Gasteiger partial charge in [-0.1, -0.05) is 0 Å². The van der Waals surface area contributed by atoms with Crippen LogP contribution >= 0.6 is 0 Å². The molecule has 10 heteroatoms.